The summed E-state index contributed by atoms with van der Waals surface area (Å²) in [5.74, 6) is 0.613. The molecule has 21 heavy (non-hydrogen) atoms. The zero-order chi connectivity index (χ0) is 14.9. The third-order valence-corrected chi connectivity index (χ3v) is 4.97. The summed E-state index contributed by atoms with van der Waals surface area (Å²) in [5, 5.41) is 15.8. The zero-order valence-electron chi connectivity index (χ0n) is 12.5. The third-order valence-electron chi connectivity index (χ3n) is 4.54. The molecule has 1 fully saturated rings. The average Bonchev–Trinajstić information content (AvgIpc) is 2.76. The predicted molar refractivity (Wildman–Crippen MR) is 87.6 cm³/mol. The van der Waals surface area contributed by atoms with Crippen LogP contribution in [0.5, 0.6) is 0 Å². The van der Waals surface area contributed by atoms with Gasteiger partial charge in [0.2, 0.25) is 0 Å². The van der Waals surface area contributed by atoms with Gasteiger partial charge in [0.05, 0.1) is 10.6 Å². The van der Waals surface area contributed by atoms with Crippen molar-refractivity contribution in [3.05, 3.63) is 35.0 Å². The average molecular weight is 307 g/mol. The van der Waals surface area contributed by atoms with Crippen LogP contribution in [0.3, 0.4) is 0 Å². The van der Waals surface area contributed by atoms with Gasteiger partial charge in [-0.25, -0.2) is 0 Å². The van der Waals surface area contributed by atoms with Crippen LogP contribution < -0.4 is 5.32 Å². The first-order valence-electron chi connectivity index (χ1n) is 7.76. The lowest BCUT2D eigenvalue weighted by Crippen LogP contribution is -2.43. The number of H-pyrrole nitrogens is 1. The number of fused-ring (bicyclic) bond motifs is 1. The topological polar surface area (TPSA) is 48.0 Å². The fourth-order valence-electron chi connectivity index (χ4n) is 3.50. The molecule has 3 nitrogen and oxygen atoms in total. The van der Waals surface area contributed by atoms with E-state index in [0.29, 0.717) is 19.0 Å². The molecule has 1 aromatic heterocycles. The minimum Gasteiger partial charge on any atom is -0.389 e. The Balaban J connectivity index is 1.63. The van der Waals surface area contributed by atoms with Gasteiger partial charge in [0.25, 0.3) is 0 Å². The molecular weight excluding hydrogens is 284 g/mol. The summed E-state index contributed by atoms with van der Waals surface area (Å²) in [6.45, 7) is 3.51. The van der Waals surface area contributed by atoms with Crippen LogP contribution >= 0.6 is 11.6 Å². The minimum absolute atomic E-state index is 0.559. The zero-order valence-corrected chi connectivity index (χ0v) is 13.2. The predicted octanol–water partition coefficient (Wildman–Crippen LogP) is 3.85. The van der Waals surface area contributed by atoms with Crippen molar-refractivity contribution in [3.8, 4) is 0 Å². The quantitative estimate of drug-likeness (QED) is 0.803. The van der Waals surface area contributed by atoms with Crippen molar-refractivity contribution in [2.45, 2.75) is 44.8 Å². The Morgan fingerprint density at radius 1 is 1.43 bits per heavy atom. The van der Waals surface area contributed by atoms with Crippen molar-refractivity contribution in [2.75, 3.05) is 6.54 Å². The molecule has 114 valence electrons. The third kappa shape index (κ3) is 3.25. The highest BCUT2D eigenvalue weighted by atomic mass is 35.5. The monoisotopic (exact) mass is 306 g/mol. The van der Waals surface area contributed by atoms with E-state index in [4.69, 9.17) is 11.6 Å². The Bertz CT molecular complexity index is 624. The van der Waals surface area contributed by atoms with E-state index in [-0.39, 0.29) is 0 Å². The molecule has 0 bridgehead atoms. The smallest absolute Gasteiger partial charge is 0.0774 e. The van der Waals surface area contributed by atoms with Gasteiger partial charge in [0, 0.05) is 29.7 Å². The molecule has 1 heterocycles. The molecule has 3 rings (SSSR count). The molecule has 2 atom stereocenters. The summed E-state index contributed by atoms with van der Waals surface area (Å²) in [6.07, 6.45) is 4.13. The molecule has 1 saturated carbocycles. The molecule has 0 amide bonds. The van der Waals surface area contributed by atoms with Gasteiger partial charge >= 0.3 is 0 Å². The van der Waals surface area contributed by atoms with Crippen LogP contribution in [-0.4, -0.2) is 22.2 Å². The molecule has 1 aliphatic rings. The van der Waals surface area contributed by atoms with Crippen molar-refractivity contribution in [2.24, 2.45) is 5.92 Å². The van der Waals surface area contributed by atoms with Crippen molar-refractivity contribution < 1.29 is 5.11 Å². The summed E-state index contributed by atoms with van der Waals surface area (Å²) in [4.78, 5) is 3.35. The lowest BCUT2D eigenvalue weighted by molar-refractivity contribution is -0.0119. The molecule has 0 saturated heterocycles. The van der Waals surface area contributed by atoms with Gasteiger partial charge in [-0.05, 0) is 24.8 Å². The normalized spacial score (nSPS) is 26.3. The Labute approximate surface area is 130 Å². The van der Waals surface area contributed by atoms with Crippen LogP contribution in [0.1, 0.15) is 38.3 Å². The van der Waals surface area contributed by atoms with Crippen molar-refractivity contribution in [1.29, 1.82) is 0 Å². The van der Waals surface area contributed by atoms with E-state index in [0.717, 1.165) is 40.9 Å². The maximum Gasteiger partial charge on any atom is 0.0774 e. The van der Waals surface area contributed by atoms with Gasteiger partial charge < -0.3 is 15.4 Å². The number of benzene rings is 1. The van der Waals surface area contributed by atoms with Crippen LogP contribution in [0.15, 0.2) is 24.3 Å². The molecule has 0 spiro atoms. The number of aromatic nitrogens is 1. The largest absolute Gasteiger partial charge is 0.389 e. The number of hydrogen-bond acceptors (Lipinski definition) is 2. The number of rotatable bonds is 4. The Hall–Kier alpha value is -1.03. The standard InChI is InChI=1S/C17H23ClN2O/c1-12-5-4-8-17(21,9-12)11-19-10-15-16(18)13-6-2-3-7-14(13)20-15/h2-3,6-7,12,19-21H,4-5,8-11H2,1H3. The number of aliphatic hydroxyl groups is 1. The highest BCUT2D eigenvalue weighted by molar-refractivity contribution is 6.36. The first-order chi connectivity index (χ1) is 10.1. The second kappa shape index (κ2) is 5.99. The summed E-state index contributed by atoms with van der Waals surface area (Å²) >= 11 is 6.40. The van der Waals surface area contributed by atoms with E-state index >= 15 is 0 Å². The molecule has 1 aromatic carbocycles. The lowest BCUT2D eigenvalue weighted by Gasteiger charge is -2.35. The molecule has 3 N–H and O–H groups in total. The number of hydrogen-bond donors (Lipinski definition) is 3. The summed E-state index contributed by atoms with van der Waals surface area (Å²) in [6, 6.07) is 8.04. The SMILES string of the molecule is CC1CCCC(O)(CNCc2[nH]c3ccccc3c2Cl)C1. The number of nitrogens with one attached hydrogen (secondary N) is 2. The van der Waals surface area contributed by atoms with Gasteiger partial charge in [-0.15, -0.1) is 0 Å². The van der Waals surface area contributed by atoms with Crippen LogP contribution in [0, 0.1) is 5.92 Å². The Morgan fingerprint density at radius 2 is 2.24 bits per heavy atom. The van der Waals surface area contributed by atoms with Crippen molar-refractivity contribution >= 4 is 22.5 Å². The summed E-state index contributed by atoms with van der Waals surface area (Å²) in [7, 11) is 0. The Morgan fingerprint density at radius 3 is 3.00 bits per heavy atom. The van der Waals surface area contributed by atoms with Crippen LogP contribution in [0.4, 0.5) is 0 Å². The molecule has 2 aromatic rings. The summed E-state index contributed by atoms with van der Waals surface area (Å²) < 4.78 is 0. The molecule has 4 heteroatoms. The van der Waals surface area contributed by atoms with Gasteiger partial charge in [-0.2, -0.15) is 0 Å². The maximum atomic E-state index is 10.6. The summed E-state index contributed by atoms with van der Waals surface area (Å²) in [5.41, 5.74) is 1.49. The van der Waals surface area contributed by atoms with Gasteiger partial charge in [-0.1, -0.05) is 49.6 Å². The first-order valence-corrected chi connectivity index (χ1v) is 8.13. The van der Waals surface area contributed by atoms with E-state index in [1.165, 1.54) is 6.42 Å². The number of para-hydroxylation sites is 1. The molecule has 2 unspecified atom stereocenters. The lowest BCUT2D eigenvalue weighted by atomic mass is 9.79. The highest BCUT2D eigenvalue weighted by Crippen LogP contribution is 2.32. The highest BCUT2D eigenvalue weighted by Gasteiger charge is 2.32. The molecule has 0 aliphatic heterocycles. The number of halogens is 1. The van der Waals surface area contributed by atoms with E-state index in [1.54, 1.807) is 0 Å². The van der Waals surface area contributed by atoms with Gasteiger partial charge in [-0.3, -0.25) is 0 Å². The van der Waals surface area contributed by atoms with Crippen LogP contribution in [-0.2, 0) is 6.54 Å². The van der Waals surface area contributed by atoms with E-state index in [2.05, 4.69) is 17.2 Å². The minimum atomic E-state index is -0.559. The van der Waals surface area contributed by atoms with Crippen LogP contribution in [0.2, 0.25) is 5.02 Å². The van der Waals surface area contributed by atoms with Gasteiger partial charge in [0.1, 0.15) is 0 Å². The van der Waals surface area contributed by atoms with Gasteiger partial charge in [0.15, 0.2) is 0 Å². The van der Waals surface area contributed by atoms with Crippen LogP contribution in [0.25, 0.3) is 10.9 Å². The molecule has 0 radical (unpaired) electrons. The van der Waals surface area contributed by atoms with E-state index in [9.17, 15) is 5.11 Å². The second-order valence-electron chi connectivity index (χ2n) is 6.49. The van der Waals surface area contributed by atoms with Crippen molar-refractivity contribution in [1.82, 2.24) is 10.3 Å². The number of aromatic amines is 1. The molecular formula is C17H23ClN2O. The molecule has 1 aliphatic carbocycles. The fraction of sp³-hybridized carbons (Fsp3) is 0.529. The van der Waals surface area contributed by atoms with E-state index in [1.807, 2.05) is 24.3 Å². The van der Waals surface area contributed by atoms with Crippen molar-refractivity contribution in [3.63, 3.8) is 0 Å². The second-order valence-corrected chi connectivity index (χ2v) is 6.87. The Kier molecular flexibility index (Phi) is 4.25. The fourth-order valence-corrected chi connectivity index (χ4v) is 3.78. The maximum absolute atomic E-state index is 10.6. The first kappa shape index (κ1) is 14.9. The van der Waals surface area contributed by atoms with E-state index < -0.39 is 5.60 Å².